The van der Waals surface area contributed by atoms with E-state index in [9.17, 15) is 9.59 Å². The Hall–Kier alpha value is -3.39. The maximum Gasteiger partial charge on any atom is 0.277 e. The number of carbonyl (C=O) groups is 2. The predicted octanol–water partition coefficient (Wildman–Crippen LogP) is 4.54. The van der Waals surface area contributed by atoms with Crippen molar-refractivity contribution in [2.45, 2.75) is 24.3 Å². The Morgan fingerprint density at radius 1 is 1.10 bits per heavy atom. The fourth-order valence-corrected chi connectivity index (χ4v) is 3.54. The number of nitrogens with zero attached hydrogens (tertiary/aromatic N) is 2. The first-order valence-electron chi connectivity index (χ1n) is 9.00. The van der Waals surface area contributed by atoms with Crippen molar-refractivity contribution in [3.05, 3.63) is 60.3 Å². The van der Waals surface area contributed by atoms with Crippen molar-refractivity contribution in [2.75, 3.05) is 5.32 Å². The number of fused-ring (bicyclic) bond motifs is 1. The van der Waals surface area contributed by atoms with Gasteiger partial charge in [-0.2, -0.15) is 0 Å². The minimum absolute atomic E-state index is 0.0193. The van der Waals surface area contributed by atoms with E-state index in [-0.39, 0.29) is 11.7 Å². The number of aromatic amines is 1. The first-order valence-corrected chi connectivity index (χ1v) is 9.88. The Balaban J connectivity index is 1.42. The number of aromatic nitrogens is 3. The van der Waals surface area contributed by atoms with Gasteiger partial charge in [0, 0.05) is 28.4 Å². The highest BCUT2D eigenvalue weighted by atomic mass is 32.2. The SMILES string of the molecule is CC(=O)c1ccc(NC(=O)[C@H](C)Sc2nnc(-c3c[nH]c4ccccc34)o2)cc1. The average Bonchev–Trinajstić information content (AvgIpc) is 3.35. The second-order valence-electron chi connectivity index (χ2n) is 6.50. The number of para-hydroxylation sites is 1. The molecule has 29 heavy (non-hydrogen) atoms. The molecule has 0 unspecified atom stereocenters. The number of benzene rings is 2. The zero-order valence-electron chi connectivity index (χ0n) is 15.8. The van der Waals surface area contributed by atoms with E-state index in [1.165, 1.54) is 18.7 Å². The summed E-state index contributed by atoms with van der Waals surface area (Å²) >= 11 is 1.19. The van der Waals surface area contributed by atoms with E-state index >= 15 is 0 Å². The predicted molar refractivity (Wildman–Crippen MR) is 112 cm³/mol. The zero-order chi connectivity index (χ0) is 20.4. The lowest BCUT2D eigenvalue weighted by atomic mass is 10.1. The summed E-state index contributed by atoms with van der Waals surface area (Å²) in [5, 5.41) is 11.9. The molecule has 1 amide bonds. The lowest BCUT2D eigenvalue weighted by Crippen LogP contribution is -2.22. The molecule has 8 heteroatoms. The number of ketones is 1. The number of rotatable bonds is 6. The zero-order valence-corrected chi connectivity index (χ0v) is 16.6. The molecule has 2 aromatic carbocycles. The van der Waals surface area contributed by atoms with Crippen molar-refractivity contribution in [3.63, 3.8) is 0 Å². The second-order valence-corrected chi connectivity index (χ2v) is 7.80. The van der Waals surface area contributed by atoms with E-state index in [2.05, 4.69) is 20.5 Å². The van der Waals surface area contributed by atoms with Gasteiger partial charge in [-0.25, -0.2) is 0 Å². The Bertz CT molecular complexity index is 1180. The van der Waals surface area contributed by atoms with E-state index in [0.717, 1.165) is 16.5 Å². The lowest BCUT2D eigenvalue weighted by molar-refractivity contribution is -0.115. The molecular weight excluding hydrogens is 388 g/mol. The van der Waals surface area contributed by atoms with Gasteiger partial charge in [-0.15, -0.1) is 10.2 Å². The van der Waals surface area contributed by atoms with Gasteiger partial charge < -0.3 is 14.7 Å². The van der Waals surface area contributed by atoms with Crippen LogP contribution in [0.2, 0.25) is 0 Å². The molecule has 4 aromatic rings. The molecule has 7 nitrogen and oxygen atoms in total. The molecule has 4 rings (SSSR count). The Labute approximate surface area is 170 Å². The number of amides is 1. The molecule has 146 valence electrons. The number of carbonyl (C=O) groups excluding carboxylic acids is 2. The summed E-state index contributed by atoms with van der Waals surface area (Å²) in [6.45, 7) is 3.26. The van der Waals surface area contributed by atoms with Crippen LogP contribution in [0.5, 0.6) is 0 Å². The van der Waals surface area contributed by atoms with Crippen molar-refractivity contribution in [1.82, 2.24) is 15.2 Å². The van der Waals surface area contributed by atoms with Crippen molar-refractivity contribution in [2.24, 2.45) is 0 Å². The molecule has 0 aliphatic heterocycles. The Morgan fingerprint density at radius 3 is 2.62 bits per heavy atom. The fourth-order valence-electron chi connectivity index (χ4n) is 2.85. The number of thioether (sulfide) groups is 1. The van der Waals surface area contributed by atoms with Gasteiger partial charge in [0.1, 0.15) is 0 Å². The molecule has 0 aliphatic rings. The van der Waals surface area contributed by atoms with Crippen LogP contribution < -0.4 is 5.32 Å². The molecule has 2 heterocycles. The van der Waals surface area contributed by atoms with E-state index < -0.39 is 5.25 Å². The van der Waals surface area contributed by atoms with Gasteiger partial charge in [-0.3, -0.25) is 9.59 Å². The summed E-state index contributed by atoms with van der Waals surface area (Å²) in [6, 6.07) is 14.6. The van der Waals surface area contributed by atoms with Gasteiger partial charge in [0.15, 0.2) is 5.78 Å². The van der Waals surface area contributed by atoms with E-state index in [4.69, 9.17) is 4.42 Å². The Kier molecular flexibility index (Phi) is 5.18. The fraction of sp³-hybridized carbons (Fsp3) is 0.143. The number of Topliss-reactive ketones (excluding diaryl/α,β-unsaturated/α-hetero) is 1. The van der Waals surface area contributed by atoms with E-state index in [1.54, 1.807) is 31.2 Å². The van der Waals surface area contributed by atoms with Gasteiger partial charge in [0.05, 0.1) is 10.8 Å². The summed E-state index contributed by atoms with van der Waals surface area (Å²) in [5.41, 5.74) is 3.03. The standard InChI is InChI=1S/C21H18N4O3S/c1-12(26)14-7-9-15(10-8-14)23-19(27)13(2)29-21-25-24-20(28-21)17-11-22-18-6-4-3-5-16(17)18/h3-11,13,22H,1-2H3,(H,23,27)/t13-/m0/s1. The summed E-state index contributed by atoms with van der Waals surface area (Å²) in [5.74, 6) is 0.184. The van der Waals surface area contributed by atoms with Crippen LogP contribution in [-0.2, 0) is 4.79 Å². The molecule has 1 atom stereocenters. The normalized spacial score (nSPS) is 12.1. The summed E-state index contributed by atoms with van der Waals surface area (Å²) in [7, 11) is 0. The molecule has 2 N–H and O–H groups in total. The van der Waals surface area contributed by atoms with Crippen LogP contribution in [0.25, 0.3) is 22.4 Å². The van der Waals surface area contributed by atoms with Crippen LogP contribution in [0.3, 0.4) is 0 Å². The third-order valence-corrected chi connectivity index (χ3v) is 5.37. The molecule has 2 aromatic heterocycles. The van der Waals surface area contributed by atoms with Crippen LogP contribution in [0.1, 0.15) is 24.2 Å². The van der Waals surface area contributed by atoms with Crippen LogP contribution in [0.4, 0.5) is 5.69 Å². The molecule has 0 aliphatic carbocycles. The van der Waals surface area contributed by atoms with Crippen LogP contribution in [0, 0.1) is 0 Å². The van der Waals surface area contributed by atoms with Crippen molar-refractivity contribution < 1.29 is 14.0 Å². The quantitative estimate of drug-likeness (QED) is 0.360. The van der Waals surface area contributed by atoms with Crippen molar-refractivity contribution in [3.8, 4) is 11.5 Å². The van der Waals surface area contributed by atoms with E-state index in [1.807, 2.05) is 30.5 Å². The minimum atomic E-state index is -0.446. The van der Waals surface area contributed by atoms with Gasteiger partial charge in [-0.1, -0.05) is 30.0 Å². The first-order chi connectivity index (χ1) is 14.0. The van der Waals surface area contributed by atoms with Crippen molar-refractivity contribution in [1.29, 1.82) is 0 Å². The number of H-pyrrole nitrogens is 1. The highest BCUT2D eigenvalue weighted by Gasteiger charge is 2.20. The molecular formula is C21H18N4O3S. The van der Waals surface area contributed by atoms with Gasteiger partial charge in [0.2, 0.25) is 5.91 Å². The molecule has 0 fully saturated rings. The van der Waals surface area contributed by atoms with Gasteiger partial charge >= 0.3 is 0 Å². The minimum Gasteiger partial charge on any atom is -0.411 e. The highest BCUT2D eigenvalue weighted by molar-refractivity contribution is 8.00. The molecule has 0 bridgehead atoms. The number of nitrogens with one attached hydrogen (secondary N) is 2. The summed E-state index contributed by atoms with van der Waals surface area (Å²) < 4.78 is 5.75. The maximum absolute atomic E-state index is 12.5. The average molecular weight is 406 g/mol. The van der Waals surface area contributed by atoms with Gasteiger partial charge in [0.25, 0.3) is 11.1 Å². The topological polar surface area (TPSA) is 101 Å². The number of anilines is 1. The lowest BCUT2D eigenvalue weighted by Gasteiger charge is -2.10. The van der Waals surface area contributed by atoms with Crippen LogP contribution >= 0.6 is 11.8 Å². The monoisotopic (exact) mass is 406 g/mol. The van der Waals surface area contributed by atoms with Crippen molar-refractivity contribution >= 4 is 40.0 Å². The molecule has 0 radical (unpaired) electrons. The molecule has 0 saturated carbocycles. The molecule has 0 saturated heterocycles. The van der Waals surface area contributed by atoms with Crippen LogP contribution in [0.15, 0.2) is 64.4 Å². The third kappa shape index (κ3) is 4.07. The highest BCUT2D eigenvalue weighted by Crippen LogP contribution is 2.31. The Morgan fingerprint density at radius 2 is 1.86 bits per heavy atom. The smallest absolute Gasteiger partial charge is 0.277 e. The summed E-state index contributed by atoms with van der Waals surface area (Å²) in [4.78, 5) is 27.0. The maximum atomic E-state index is 12.5. The largest absolute Gasteiger partial charge is 0.411 e. The number of hydrogen-bond acceptors (Lipinski definition) is 6. The second kappa shape index (κ2) is 7.92. The van der Waals surface area contributed by atoms with Crippen LogP contribution in [-0.4, -0.2) is 32.1 Å². The molecule has 0 spiro atoms. The number of hydrogen-bond donors (Lipinski definition) is 2. The third-order valence-electron chi connectivity index (χ3n) is 4.43. The van der Waals surface area contributed by atoms with E-state index in [0.29, 0.717) is 22.4 Å². The van der Waals surface area contributed by atoms with Gasteiger partial charge in [-0.05, 0) is 44.2 Å². The summed E-state index contributed by atoms with van der Waals surface area (Å²) in [6.07, 6.45) is 1.83. The first kappa shape index (κ1) is 18.9.